The van der Waals surface area contributed by atoms with Crippen LogP contribution in [0.25, 0.3) is 22.2 Å². The van der Waals surface area contributed by atoms with Crippen molar-refractivity contribution in [1.82, 2.24) is 4.98 Å². The van der Waals surface area contributed by atoms with Gasteiger partial charge in [0.15, 0.2) is 0 Å². The molecule has 0 saturated heterocycles. The summed E-state index contributed by atoms with van der Waals surface area (Å²) in [5.74, 6) is 0. The first-order chi connectivity index (χ1) is 8.38. The molecule has 0 aliphatic heterocycles. The van der Waals surface area contributed by atoms with Gasteiger partial charge in [-0.25, -0.2) is 0 Å². The zero-order valence-electron chi connectivity index (χ0n) is 9.94. The molecule has 0 atom stereocenters. The van der Waals surface area contributed by atoms with E-state index in [-0.39, 0.29) is 0 Å². The minimum absolute atomic E-state index is 1.10. The van der Waals surface area contributed by atoms with Crippen LogP contribution in [0, 0.1) is 0 Å². The predicted molar refractivity (Wildman–Crippen MR) is 76.2 cm³/mol. The first-order valence-electron chi connectivity index (χ1n) is 6.11. The minimum Gasteiger partial charge on any atom is -0.263 e. The lowest BCUT2D eigenvalue weighted by Crippen LogP contribution is -1.78. The van der Waals surface area contributed by atoms with Crippen LogP contribution in [0.5, 0.6) is 0 Å². The summed E-state index contributed by atoms with van der Waals surface area (Å²) in [7, 11) is 0. The van der Waals surface area contributed by atoms with Crippen molar-refractivity contribution in [1.29, 1.82) is 0 Å². The molecule has 17 heavy (non-hydrogen) atoms. The molecule has 0 unspecified atom stereocenters. The number of thiophene rings is 1. The van der Waals surface area contributed by atoms with Gasteiger partial charge in [0.05, 0.1) is 4.70 Å². The standard InChI is InChI=1S/C15H15NS/c1-2-4-11-5-3-6-12-13-7-8-16-10-15(13)17-14(12)9-11/h3,6-10H,2,4-5H2,1H3. The van der Waals surface area contributed by atoms with Crippen LogP contribution in [0.15, 0.2) is 30.1 Å². The number of nitrogens with zero attached hydrogens (tertiary/aromatic N) is 1. The van der Waals surface area contributed by atoms with E-state index in [0.29, 0.717) is 0 Å². The number of rotatable bonds is 2. The third-order valence-corrected chi connectivity index (χ3v) is 4.23. The Morgan fingerprint density at radius 2 is 2.35 bits per heavy atom. The fourth-order valence-electron chi connectivity index (χ4n) is 2.34. The van der Waals surface area contributed by atoms with Gasteiger partial charge in [-0.2, -0.15) is 0 Å². The van der Waals surface area contributed by atoms with E-state index in [1.165, 1.54) is 33.4 Å². The average molecular weight is 241 g/mol. The van der Waals surface area contributed by atoms with E-state index in [1.807, 2.05) is 23.7 Å². The molecule has 1 nitrogen and oxygen atoms in total. The lowest BCUT2D eigenvalue weighted by molar-refractivity contribution is 0.888. The van der Waals surface area contributed by atoms with Crippen LogP contribution in [0.2, 0.25) is 0 Å². The summed E-state index contributed by atoms with van der Waals surface area (Å²) in [6.45, 7) is 2.24. The van der Waals surface area contributed by atoms with E-state index < -0.39 is 0 Å². The number of allylic oxidation sites excluding steroid dienone is 2. The second kappa shape index (κ2) is 4.46. The van der Waals surface area contributed by atoms with Gasteiger partial charge >= 0.3 is 0 Å². The van der Waals surface area contributed by atoms with E-state index in [4.69, 9.17) is 0 Å². The largest absolute Gasteiger partial charge is 0.263 e. The van der Waals surface area contributed by atoms with Crippen LogP contribution < -0.4 is 0 Å². The van der Waals surface area contributed by atoms with Gasteiger partial charge in [0.1, 0.15) is 0 Å². The summed E-state index contributed by atoms with van der Waals surface area (Å²) < 4.78 is 1.29. The molecule has 3 rings (SSSR count). The summed E-state index contributed by atoms with van der Waals surface area (Å²) >= 11 is 1.85. The maximum atomic E-state index is 4.20. The lowest BCUT2D eigenvalue weighted by atomic mass is 10.1. The molecule has 1 aliphatic carbocycles. The fraction of sp³-hybridized carbons (Fsp3) is 0.267. The zero-order chi connectivity index (χ0) is 11.7. The highest BCUT2D eigenvalue weighted by Crippen LogP contribution is 2.36. The summed E-state index contributed by atoms with van der Waals surface area (Å²) in [5, 5.41) is 1.34. The van der Waals surface area contributed by atoms with E-state index in [0.717, 1.165) is 6.42 Å². The highest BCUT2D eigenvalue weighted by atomic mass is 32.1. The van der Waals surface area contributed by atoms with Crippen molar-refractivity contribution >= 4 is 33.6 Å². The first-order valence-corrected chi connectivity index (χ1v) is 6.92. The molecule has 0 spiro atoms. The molecule has 2 heteroatoms. The number of hydrogen-bond acceptors (Lipinski definition) is 2. The Morgan fingerprint density at radius 1 is 1.41 bits per heavy atom. The maximum absolute atomic E-state index is 4.20. The molecule has 0 N–H and O–H groups in total. The van der Waals surface area contributed by atoms with Crippen molar-refractivity contribution in [2.24, 2.45) is 0 Å². The predicted octanol–water partition coefficient (Wildman–Crippen LogP) is 4.90. The van der Waals surface area contributed by atoms with E-state index in [1.54, 1.807) is 5.57 Å². The molecule has 0 saturated carbocycles. The molecule has 2 aromatic heterocycles. The molecule has 86 valence electrons. The van der Waals surface area contributed by atoms with Crippen LogP contribution in [-0.2, 0) is 0 Å². The molecule has 0 aromatic carbocycles. The van der Waals surface area contributed by atoms with Crippen LogP contribution in [-0.4, -0.2) is 4.98 Å². The van der Waals surface area contributed by atoms with E-state index >= 15 is 0 Å². The highest BCUT2D eigenvalue weighted by Gasteiger charge is 2.11. The molecule has 0 bridgehead atoms. The minimum atomic E-state index is 1.10. The van der Waals surface area contributed by atoms with Gasteiger partial charge in [0.2, 0.25) is 0 Å². The third-order valence-electron chi connectivity index (χ3n) is 3.13. The summed E-state index contributed by atoms with van der Waals surface area (Å²) in [6, 6.07) is 2.12. The smallest absolute Gasteiger partial charge is 0.0538 e. The van der Waals surface area contributed by atoms with Crippen LogP contribution in [0.4, 0.5) is 0 Å². The van der Waals surface area contributed by atoms with Crippen molar-refractivity contribution in [3.63, 3.8) is 0 Å². The van der Waals surface area contributed by atoms with Crippen LogP contribution in [0.3, 0.4) is 0 Å². The maximum Gasteiger partial charge on any atom is 0.0538 e. The molecule has 2 aromatic rings. The Hall–Kier alpha value is -1.41. The zero-order valence-corrected chi connectivity index (χ0v) is 10.8. The Kier molecular flexibility index (Phi) is 2.81. The van der Waals surface area contributed by atoms with Gasteiger partial charge in [0, 0.05) is 28.2 Å². The molecule has 2 heterocycles. The first kappa shape index (κ1) is 10.7. The molecular weight excluding hydrogens is 226 g/mol. The fourth-order valence-corrected chi connectivity index (χ4v) is 3.49. The third kappa shape index (κ3) is 1.93. The van der Waals surface area contributed by atoms with E-state index in [9.17, 15) is 0 Å². The quantitative estimate of drug-likeness (QED) is 0.729. The highest BCUT2D eigenvalue weighted by molar-refractivity contribution is 7.20. The van der Waals surface area contributed by atoms with Crippen molar-refractivity contribution in [2.45, 2.75) is 26.2 Å². The summed E-state index contributed by atoms with van der Waals surface area (Å²) in [4.78, 5) is 5.59. The van der Waals surface area contributed by atoms with Gasteiger partial charge in [-0.3, -0.25) is 4.98 Å². The molecule has 1 aliphatic rings. The van der Waals surface area contributed by atoms with Gasteiger partial charge in [-0.05, 0) is 25.0 Å². The Labute approximate surface area is 106 Å². The van der Waals surface area contributed by atoms with Gasteiger partial charge in [-0.15, -0.1) is 11.3 Å². The van der Waals surface area contributed by atoms with Crippen molar-refractivity contribution in [2.75, 3.05) is 0 Å². The van der Waals surface area contributed by atoms with Crippen LogP contribution >= 0.6 is 11.3 Å². The number of hydrogen-bond donors (Lipinski definition) is 0. The Morgan fingerprint density at radius 3 is 3.24 bits per heavy atom. The monoisotopic (exact) mass is 241 g/mol. The number of aromatic nitrogens is 1. The summed E-state index contributed by atoms with van der Waals surface area (Å²) in [6.07, 6.45) is 14.3. The second-order valence-corrected chi connectivity index (χ2v) is 5.49. The lowest BCUT2D eigenvalue weighted by Gasteiger charge is -1.99. The topological polar surface area (TPSA) is 12.9 Å². The normalized spacial score (nSPS) is 14.5. The van der Waals surface area contributed by atoms with Crippen LogP contribution in [0.1, 0.15) is 36.6 Å². The Bertz CT molecular complexity index is 604. The number of fused-ring (bicyclic) bond motifs is 3. The van der Waals surface area contributed by atoms with E-state index in [2.05, 4.69) is 36.2 Å². The summed E-state index contributed by atoms with van der Waals surface area (Å²) in [5.41, 5.74) is 2.92. The van der Waals surface area contributed by atoms with Crippen molar-refractivity contribution < 1.29 is 0 Å². The second-order valence-electron chi connectivity index (χ2n) is 4.41. The molecule has 0 fully saturated rings. The van der Waals surface area contributed by atoms with Gasteiger partial charge in [0.25, 0.3) is 0 Å². The molecular formula is C15H15NS. The SMILES string of the molecule is CCCC1=Cc2sc3cnccc3c2C=CC1. The molecule has 0 amide bonds. The Balaban J connectivity index is 2.18. The number of pyridine rings is 1. The van der Waals surface area contributed by atoms with Gasteiger partial charge < -0.3 is 0 Å². The average Bonchev–Trinajstić information content (AvgIpc) is 2.55. The van der Waals surface area contributed by atoms with Gasteiger partial charge in [-0.1, -0.05) is 31.1 Å². The molecule has 0 radical (unpaired) electrons. The van der Waals surface area contributed by atoms with Crippen molar-refractivity contribution in [3.8, 4) is 0 Å². The van der Waals surface area contributed by atoms with Crippen molar-refractivity contribution in [3.05, 3.63) is 40.5 Å².